The van der Waals surface area contributed by atoms with Crippen LogP contribution in [0.3, 0.4) is 0 Å². The van der Waals surface area contributed by atoms with Gasteiger partial charge in [0.15, 0.2) is 5.65 Å². The predicted molar refractivity (Wildman–Crippen MR) is 116 cm³/mol. The van der Waals surface area contributed by atoms with Gasteiger partial charge in [-0.2, -0.15) is 5.10 Å². The maximum absolute atomic E-state index is 14.4. The summed E-state index contributed by atoms with van der Waals surface area (Å²) in [6.07, 6.45) is 6.74. The maximum Gasteiger partial charge on any atom is 0.163 e. The molecule has 160 valence electrons. The fourth-order valence-electron chi connectivity index (χ4n) is 4.04. The highest BCUT2D eigenvalue weighted by atomic mass is 19.1. The molecule has 3 aromatic rings. The largest absolute Gasteiger partial charge is 0.497 e. The third kappa shape index (κ3) is 4.63. The van der Waals surface area contributed by atoms with Gasteiger partial charge in [0.05, 0.1) is 13.3 Å². The van der Waals surface area contributed by atoms with Crippen molar-refractivity contribution < 1.29 is 9.13 Å². The number of aromatic nitrogens is 3. The van der Waals surface area contributed by atoms with Crippen molar-refractivity contribution in [2.45, 2.75) is 26.2 Å². The minimum Gasteiger partial charge on any atom is -0.497 e. The fraction of sp³-hybridized carbons (Fsp3) is 0.478. The fourth-order valence-corrected chi connectivity index (χ4v) is 4.04. The van der Waals surface area contributed by atoms with Crippen molar-refractivity contribution in [2.75, 3.05) is 46.4 Å². The molecule has 6 nitrogen and oxygen atoms in total. The normalized spacial score (nSPS) is 15.7. The third-order valence-electron chi connectivity index (χ3n) is 5.96. The Morgan fingerprint density at radius 1 is 1.03 bits per heavy atom. The molecule has 0 spiro atoms. The van der Waals surface area contributed by atoms with Crippen molar-refractivity contribution in [1.82, 2.24) is 24.4 Å². The van der Waals surface area contributed by atoms with Crippen molar-refractivity contribution in [3.8, 4) is 16.9 Å². The Morgan fingerprint density at radius 3 is 2.60 bits per heavy atom. The maximum atomic E-state index is 14.4. The smallest absolute Gasteiger partial charge is 0.163 e. The number of aryl methyl sites for hydroxylation is 1. The summed E-state index contributed by atoms with van der Waals surface area (Å²) in [5, 5.41) is 4.34. The van der Waals surface area contributed by atoms with E-state index in [1.807, 2.05) is 12.3 Å². The highest BCUT2D eigenvalue weighted by molar-refractivity contribution is 5.78. The average Bonchev–Trinajstić information content (AvgIpc) is 3.20. The molecule has 0 N–H and O–H groups in total. The van der Waals surface area contributed by atoms with Gasteiger partial charge in [-0.25, -0.2) is 13.9 Å². The first kappa shape index (κ1) is 20.8. The number of unbranched alkanes of at least 4 members (excludes halogenated alkanes) is 1. The van der Waals surface area contributed by atoms with Gasteiger partial charge in [-0.15, -0.1) is 0 Å². The number of likely N-dealkylation sites (N-methyl/N-ethyl adjacent to an activating group) is 1. The van der Waals surface area contributed by atoms with Crippen LogP contribution in [0.25, 0.3) is 16.8 Å². The number of benzene rings is 1. The lowest BCUT2D eigenvalue weighted by Gasteiger charge is -2.33. The van der Waals surface area contributed by atoms with Crippen LogP contribution in [0, 0.1) is 5.82 Å². The van der Waals surface area contributed by atoms with Crippen molar-refractivity contribution >= 4 is 5.65 Å². The van der Waals surface area contributed by atoms with E-state index >= 15 is 0 Å². The molecule has 0 unspecified atom stereocenters. The monoisotopic (exact) mass is 411 g/mol. The van der Waals surface area contributed by atoms with E-state index in [2.05, 4.69) is 21.8 Å². The molecule has 0 saturated carbocycles. The summed E-state index contributed by atoms with van der Waals surface area (Å²) in [4.78, 5) is 9.85. The molecule has 3 heterocycles. The predicted octanol–water partition coefficient (Wildman–Crippen LogP) is 3.50. The number of methoxy groups -OCH3 is 1. The Bertz CT molecular complexity index is 981. The number of ether oxygens (including phenoxy) is 1. The number of nitrogens with zero attached hydrogens (tertiary/aromatic N) is 5. The molecule has 7 heteroatoms. The number of hydrogen-bond acceptors (Lipinski definition) is 5. The molecule has 0 radical (unpaired) electrons. The van der Waals surface area contributed by atoms with Crippen LogP contribution in [0.2, 0.25) is 0 Å². The van der Waals surface area contributed by atoms with Crippen LogP contribution in [0.1, 0.15) is 25.5 Å². The lowest BCUT2D eigenvalue weighted by Crippen LogP contribution is -2.46. The first-order valence-electron chi connectivity index (χ1n) is 10.8. The Morgan fingerprint density at radius 2 is 1.83 bits per heavy atom. The van der Waals surface area contributed by atoms with E-state index in [0.29, 0.717) is 22.5 Å². The van der Waals surface area contributed by atoms with E-state index in [-0.39, 0.29) is 5.82 Å². The van der Waals surface area contributed by atoms with Crippen LogP contribution in [0.15, 0.2) is 36.7 Å². The number of fused-ring (bicyclic) bond motifs is 1. The third-order valence-corrected chi connectivity index (χ3v) is 5.96. The Balaban J connectivity index is 1.40. The Labute approximate surface area is 177 Å². The van der Waals surface area contributed by atoms with E-state index in [1.165, 1.54) is 32.2 Å². The molecular weight excluding hydrogens is 381 g/mol. The standard InChI is InChI=1S/C23H30FN5O/c1-3-27-12-14-28(15-13-27)10-5-4-6-18-9-11-29-23(26-18)21(17-25-29)20-16-19(30-2)7-8-22(20)24/h7-9,11,16-17H,3-6,10,12-15H2,1-2H3. The number of halogens is 1. The highest BCUT2D eigenvalue weighted by Crippen LogP contribution is 2.29. The van der Waals surface area contributed by atoms with Crippen LogP contribution >= 0.6 is 0 Å². The van der Waals surface area contributed by atoms with Gasteiger partial charge in [-0.1, -0.05) is 6.92 Å². The summed E-state index contributed by atoms with van der Waals surface area (Å²) in [5.41, 5.74) is 2.83. The first-order valence-corrected chi connectivity index (χ1v) is 10.8. The summed E-state index contributed by atoms with van der Waals surface area (Å²) < 4.78 is 21.4. The summed E-state index contributed by atoms with van der Waals surface area (Å²) >= 11 is 0. The molecule has 0 bridgehead atoms. The van der Waals surface area contributed by atoms with Crippen LogP contribution in [-0.2, 0) is 6.42 Å². The lowest BCUT2D eigenvalue weighted by atomic mass is 10.1. The molecular formula is C23H30FN5O. The van der Waals surface area contributed by atoms with Gasteiger partial charge in [0, 0.05) is 49.2 Å². The topological polar surface area (TPSA) is 45.9 Å². The van der Waals surface area contributed by atoms with Crippen molar-refractivity contribution in [3.05, 3.63) is 48.2 Å². The van der Waals surface area contributed by atoms with Crippen LogP contribution in [0.5, 0.6) is 5.75 Å². The lowest BCUT2D eigenvalue weighted by molar-refractivity contribution is 0.135. The van der Waals surface area contributed by atoms with Gasteiger partial charge in [-0.3, -0.25) is 0 Å². The second-order valence-electron chi connectivity index (χ2n) is 7.82. The average molecular weight is 412 g/mol. The molecule has 2 aromatic heterocycles. The first-order chi connectivity index (χ1) is 14.7. The summed E-state index contributed by atoms with van der Waals surface area (Å²) in [6, 6.07) is 6.73. The summed E-state index contributed by atoms with van der Waals surface area (Å²) in [5.74, 6) is 0.308. The molecule has 1 aromatic carbocycles. The molecule has 4 rings (SSSR count). The number of hydrogen-bond donors (Lipinski definition) is 0. The minimum absolute atomic E-state index is 0.305. The molecule has 1 saturated heterocycles. The van der Waals surface area contributed by atoms with Gasteiger partial charge in [0.1, 0.15) is 11.6 Å². The quantitative estimate of drug-likeness (QED) is 0.531. The molecule has 1 fully saturated rings. The zero-order valence-corrected chi connectivity index (χ0v) is 17.9. The van der Waals surface area contributed by atoms with Crippen LogP contribution in [-0.4, -0.2) is 70.8 Å². The van der Waals surface area contributed by atoms with Crippen molar-refractivity contribution in [2.24, 2.45) is 0 Å². The van der Waals surface area contributed by atoms with Gasteiger partial charge in [0.25, 0.3) is 0 Å². The van der Waals surface area contributed by atoms with Gasteiger partial charge < -0.3 is 14.5 Å². The van der Waals surface area contributed by atoms with Gasteiger partial charge in [0.2, 0.25) is 0 Å². The summed E-state index contributed by atoms with van der Waals surface area (Å²) in [6.45, 7) is 9.23. The summed E-state index contributed by atoms with van der Waals surface area (Å²) in [7, 11) is 1.58. The zero-order valence-electron chi connectivity index (χ0n) is 17.9. The molecule has 0 atom stereocenters. The number of piperazine rings is 1. The van der Waals surface area contributed by atoms with Gasteiger partial charge in [-0.05, 0) is 56.6 Å². The molecule has 1 aliphatic heterocycles. The van der Waals surface area contributed by atoms with Crippen molar-refractivity contribution in [1.29, 1.82) is 0 Å². The molecule has 1 aliphatic rings. The second kappa shape index (κ2) is 9.53. The Hall–Kier alpha value is -2.51. The molecule has 0 amide bonds. The SMILES string of the molecule is CCN1CCN(CCCCc2ccn3ncc(-c4cc(OC)ccc4F)c3n2)CC1. The van der Waals surface area contributed by atoms with E-state index in [9.17, 15) is 4.39 Å². The number of rotatable bonds is 8. The zero-order chi connectivity index (χ0) is 20.9. The van der Waals surface area contributed by atoms with Gasteiger partial charge >= 0.3 is 0 Å². The van der Waals surface area contributed by atoms with Crippen LogP contribution < -0.4 is 4.74 Å². The van der Waals surface area contributed by atoms with E-state index < -0.39 is 0 Å². The molecule has 0 aliphatic carbocycles. The minimum atomic E-state index is -0.305. The molecule has 30 heavy (non-hydrogen) atoms. The van der Waals surface area contributed by atoms with E-state index in [4.69, 9.17) is 9.72 Å². The second-order valence-corrected chi connectivity index (χ2v) is 7.82. The van der Waals surface area contributed by atoms with E-state index in [1.54, 1.807) is 30.0 Å². The van der Waals surface area contributed by atoms with Crippen molar-refractivity contribution in [3.63, 3.8) is 0 Å². The highest BCUT2D eigenvalue weighted by Gasteiger charge is 2.16. The Kier molecular flexibility index (Phi) is 6.59. The van der Waals surface area contributed by atoms with E-state index in [0.717, 1.165) is 38.0 Å². The van der Waals surface area contributed by atoms with Crippen LogP contribution in [0.4, 0.5) is 4.39 Å².